The maximum absolute atomic E-state index is 10.1. The van der Waals surface area contributed by atoms with Crippen LogP contribution in [0.3, 0.4) is 0 Å². The molecule has 0 amide bonds. The molecule has 106 valence electrons. The van der Waals surface area contributed by atoms with Crippen LogP contribution in [0.1, 0.15) is 24.0 Å². The molecule has 3 heteroatoms. The number of ether oxygens (including phenoxy) is 2. The fourth-order valence-electron chi connectivity index (χ4n) is 2.37. The van der Waals surface area contributed by atoms with Crippen LogP contribution in [-0.4, -0.2) is 25.4 Å². The van der Waals surface area contributed by atoms with Crippen molar-refractivity contribution < 1.29 is 14.6 Å². The molecule has 0 aliphatic rings. The average molecular weight is 272 g/mol. The Morgan fingerprint density at radius 2 is 1.10 bits per heavy atom. The van der Waals surface area contributed by atoms with Crippen LogP contribution in [0.5, 0.6) is 11.5 Å². The molecule has 1 atom stereocenters. The van der Waals surface area contributed by atoms with E-state index in [9.17, 15) is 5.11 Å². The van der Waals surface area contributed by atoms with Crippen molar-refractivity contribution in [3.8, 4) is 11.5 Å². The summed E-state index contributed by atoms with van der Waals surface area (Å²) in [4.78, 5) is 0. The molecule has 0 spiro atoms. The summed E-state index contributed by atoms with van der Waals surface area (Å²) < 4.78 is 10.3. The minimum atomic E-state index is -0.475. The number of aliphatic hydroxyl groups excluding tert-OH is 1. The van der Waals surface area contributed by atoms with Gasteiger partial charge in [0.15, 0.2) is 0 Å². The maximum atomic E-state index is 10.1. The molecule has 0 saturated carbocycles. The van der Waals surface area contributed by atoms with Gasteiger partial charge in [0.2, 0.25) is 0 Å². The van der Waals surface area contributed by atoms with Gasteiger partial charge in [0.25, 0.3) is 0 Å². The molecule has 1 N–H and O–H groups in total. The second-order valence-corrected chi connectivity index (χ2v) is 4.76. The quantitative estimate of drug-likeness (QED) is 0.908. The monoisotopic (exact) mass is 272 g/mol. The van der Waals surface area contributed by atoms with Crippen molar-refractivity contribution in [2.45, 2.75) is 18.9 Å². The second-order valence-electron chi connectivity index (χ2n) is 4.76. The fraction of sp³-hybridized carbons (Fsp3) is 0.294. The van der Waals surface area contributed by atoms with Crippen LogP contribution < -0.4 is 9.47 Å². The minimum absolute atomic E-state index is 0.0631. The van der Waals surface area contributed by atoms with Crippen LogP contribution in [-0.2, 0) is 0 Å². The Kier molecular flexibility index (Phi) is 4.64. The second kappa shape index (κ2) is 6.44. The molecule has 3 nitrogen and oxygen atoms in total. The summed E-state index contributed by atoms with van der Waals surface area (Å²) in [5.41, 5.74) is 2.12. The predicted octanol–water partition coefficient (Wildman–Crippen LogP) is 3.22. The third-order valence-electron chi connectivity index (χ3n) is 3.43. The van der Waals surface area contributed by atoms with Crippen LogP contribution in [0.15, 0.2) is 48.5 Å². The van der Waals surface area contributed by atoms with Crippen LogP contribution in [0, 0.1) is 0 Å². The van der Waals surface area contributed by atoms with Gasteiger partial charge in [-0.25, -0.2) is 0 Å². The Morgan fingerprint density at radius 1 is 0.750 bits per heavy atom. The fourth-order valence-corrected chi connectivity index (χ4v) is 2.37. The highest BCUT2D eigenvalue weighted by molar-refractivity contribution is 5.39. The van der Waals surface area contributed by atoms with Gasteiger partial charge in [0.05, 0.1) is 20.3 Å². The number of rotatable bonds is 5. The normalized spacial score (nSPS) is 12.2. The van der Waals surface area contributed by atoms with E-state index in [0.29, 0.717) is 0 Å². The van der Waals surface area contributed by atoms with E-state index in [1.54, 1.807) is 21.1 Å². The minimum Gasteiger partial charge on any atom is -0.497 e. The number of methoxy groups -OCH3 is 2. The van der Waals surface area contributed by atoms with Crippen LogP contribution >= 0.6 is 0 Å². The smallest absolute Gasteiger partial charge is 0.118 e. The van der Waals surface area contributed by atoms with E-state index < -0.39 is 6.10 Å². The van der Waals surface area contributed by atoms with Crippen LogP contribution in [0.25, 0.3) is 0 Å². The Morgan fingerprint density at radius 3 is 1.35 bits per heavy atom. The standard InChI is InChI=1S/C17H20O3/c1-12(18)17(13-4-8-15(19-2)9-5-13)14-6-10-16(20-3)11-7-14/h4-12,17-18H,1-3H3/t12-/m0/s1. The summed E-state index contributed by atoms with van der Waals surface area (Å²) in [6.45, 7) is 1.80. The van der Waals surface area contributed by atoms with E-state index in [1.165, 1.54) is 0 Å². The van der Waals surface area contributed by atoms with Crippen molar-refractivity contribution >= 4 is 0 Å². The number of hydrogen-bond acceptors (Lipinski definition) is 3. The van der Waals surface area contributed by atoms with Gasteiger partial charge >= 0.3 is 0 Å². The third-order valence-corrected chi connectivity index (χ3v) is 3.43. The molecule has 0 aliphatic carbocycles. The molecule has 0 heterocycles. The van der Waals surface area contributed by atoms with E-state index in [-0.39, 0.29) is 5.92 Å². The Bertz CT molecular complexity index is 482. The first-order valence-electron chi connectivity index (χ1n) is 6.61. The van der Waals surface area contributed by atoms with Crippen molar-refractivity contribution in [1.29, 1.82) is 0 Å². The Hall–Kier alpha value is -2.00. The number of benzene rings is 2. The van der Waals surface area contributed by atoms with Crippen molar-refractivity contribution in [2.75, 3.05) is 14.2 Å². The molecular weight excluding hydrogens is 252 g/mol. The van der Waals surface area contributed by atoms with Gasteiger partial charge in [0, 0.05) is 5.92 Å². The Balaban J connectivity index is 2.33. The molecule has 0 bridgehead atoms. The van der Waals surface area contributed by atoms with Crippen molar-refractivity contribution in [3.05, 3.63) is 59.7 Å². The first kappa shape index (κ1) is 14.4. The summed E-state index contributed by atoms with van der Waals surface area (Å²) in [5, 5.41) is 10.1. The lowest BCUT2D eigenvalue weighted by Gasteiger charge is -2.21. The summed E-state index contributed by atoms with van der Waals surface area (Å²) >= 11 is 0. The maximum Gasteiger partial charge on any atom is 0.118 e. The largest absolute Gasteiger partial charge is 0.497 e. The number of aliphatic hydroxyl groups is 1. The van der Waals surface area contributed by atoms with Crippen LogP contribution in [0.4, 0.5) is 0 Å². The lowest BCUT2D eigenvalue weighted by molar-refractivity contribution is 0.176. The van der Waals surface area contributed by atoms with E-state index in [2.05, 4.69) is 0 Å². The molecule has 2 rings (SSSR count). The first-order valence-corrected chi connectivity index (χ1v) is 6.61. The zero-order chi connectivity index (χ0) is 14.5. The van der Waals surface area contributed by atoms with Crippen molar-refractivity contribution in [2.24, 2.45) is 0 Å². The molecule has 0 fully saturated rings. The SMILES string of the molecule is COc1ccc(C(c2ccc(OC)cc2)[C@H](C)O)cc1. The van der Waals surface area contributed by atoms with Gasteiger partial charge < -0.3 is 14.6 Å². The van der Waals surface area contributed by atoms with Gasteiger partial charge in [0.1, 0.15) is 11.5 Å². The molecule has 20 heavy (non-hydrogen) atoms. The molecule has 0 aliphatic heterocycles. The predicted molar refractivity (Wildman–Crippen MR) is 79.5 cm³/mol. The van der Waals surface area contributed by atoms with Gasteiger partial charge in [-0.1, -0.05) is 24.3 Å². The van der Waals surface area contributed by atoms with Crippen molar-refractivity contribution in [3.63, 3.8) is 0 Å². The molecule has 2 aromatic carbocycles. The lowest BCUT2D eigenvalue weighted by atomic mass is 9.87. The number of hydrogen-bond donors (Lipinski definition) is 1. The third kappa shape index (κ3) is 3.11. The average Bonchev–Trinajstić information content (AvgIpc) is 2.48. The van der Waals surface area contributed by atoms with E-state index >= 15 is 0 Å². The highest BCUT2D eigenvalue weighted by Gasteiger charge is 2.19. The zero-order valence-corrected chi connectivity index (χ0v) is 12.0. The molecule has 0 saturated heterocycles. The van der Waals surface area contributed by atoms with Gasteiger partial charge in [-0.3, -0.25) is 0 Å². The summed E-state index contributed by atoms with van der Waals surface area (Å²) in [5.74, 6) is 1.56. The van der Waals surface area contributed by atoms with Crippen molar-refractivity contribution in [1.82, 2.24) is 0 Å². The zero-order valence-electron chi connectivity index (χ0n) is 12.0. The van der Waals surface area contributed by atoms with Gasteiger partial charge in [-0.05, 0) is 42.3 Å². The summed E-state index contributed by atoms with van der Waals surface area (Å²) in [6.07, 6.45) is -0.475. The summed E-state index contributed by atoms with van der Waals surface area (Å²) in [7, 11) is 3.29. The summed E-state index contributed by atoms with van der Waals surface area (Å²) in [6, 6.07) is 15.6. The topological polar surface area (TPSA) is 38.7 Å². The van der Waals surface area contributed by atoms with E-state index in [4.69, 9.17) is 9.47 Å². The first-order chi connectivity index (χ1) is 9.65. The molecule has 0 aromatic heterocycles. The molecule has 0 unspecified atom stereocenters. The van der Waals surface area contributed by atoms with Gasteiger partial charge in [-0.2, -0.15) is 0 Å². The molecule has 2 aromatic rings. The van der Waals surface area contributed by atoms with E-state index in [0.717, 1.165) is 22.6 Å². The van der Waals surface area contributed by atoms with E-state index in [1.807, 2.05) is 48.5 Å². The highest BCUT2D eigenvalue weighted by Crippen LogP contribution is 2.30. The lowest BCUT2D eigenvalue weighted by Crippen LogP contribution is -2.16. The molecular formula is C17H20O3. The highest BCUT2D eigenvalue weighted by atomic mass is 16.5. The molecule has 0 radical (unpaired) electrons. The Labute approximate surface area is 119 Å². The van der Waals surface area contributed by atoms with Crippen LogP contribution in [0.2, 0.25) is 0 Å². The van der Waals surface area contributed by atoms with Gasteiger partial charge in [-0.15, -0.1) is 0 Å².